The SMILES string of the molecule is COC(=O)C(NCCSc1ccccc1)C1CC1. The molecule has 1 saturated carbocycles. The first-order valence-corrected chi connectivity index (χ1v) is 7.29. The molecule has 2 rings (SSSR count). The molecule has 0 saturated heterocycles. The lowest BCUT2D eigenvalue weighted by Gasteiger charge is -2.15. The van der Waals surface area contributed by atoms with E-state index in [1.54, 1.807) is 11.8 Å². The maximum atomic E-state index is 11.6. The van der Waals surface area contributed by atoms with E-state index >= 15 is 0 Å². The highest BCUT2D eigenvalue weighted by Gasteiger charge is 2.36. The van der Waals surface area contributed by atoms with Gasteiger partial charge in [0.2, 0.25) is 0 Å². The van der Waals surface area contributed by atoms with Crippen molar-refractivity contribution in [1.29, 1.82) is 0 Å². The highest BCUT2D eigenvalue weighted by atomic mass is 32.2. The molecular formula is C14H19NO2S. The van der Waals surface area contributed by atoms with Crippen molar-refractivity contribution in [2.24, 2.45) is 5.92 Å². The van der Waals surface area contributed by atoms with E-state index in [1.165, 1.54) is 12.0 Å². The molecule has 1 unspecified atom stereocenters. The Morgan fingerprint density at radius 1 is 1.44 bits per heavy atom. The van der Waals surface area contributed by atoms with Crippen molar-refractivity contribution in [3.05, 3.63) is 30.3 Å². The maximum Gasteiger partial charge on any atom is 0.323 e. The predicted molar refractivity (Wildman–Crippen MR) is 73.7 cm³/mol. The third-order valence-corrected chi connectivity index (χ3v) is 4.04. The number of ether oxygens (including phenoxy) is 1. The largest absolute Gasteiger partial charge is 0.468 e. The lowest BCUT2D eigenvalue weighted by molar-refractivity contribution is -0.143. The molecule has 18 heavy (non-hydrogen) atoms. The molecule has 3 nitrogen and oxygen atoms in total. The fraction of sp³-hybridized carbons (Fsp3) is 0.500. The van der Waals surface area contributed by atoms with Crippen molar-refractivity contribution in [1.82, 2.24) is 5.32 Å². The zero-order valence-corrected chi connectivity index (χ0v) is 11.4. The zero-order valence-electron chi connectivity index (χ0n) is 10.6. The summed E-state index contributed by atoms with van der Waals surface area (Å²) in [5, 5.41) is 3.31. The molecule has 4 heteroatoms. The summed E-state index contributed by atoms with van der Waals surface area (Å²) >= 11 is 1.80. The molecule has 0 radical (unpaired) electrons. The molecule has 1 aromatic rings. The number of carbonyl (C=O) groups excluding carboxylic acids is 1. The maximum absolute atomic E-state index is 11.6. The summed E-state index contributed by atoms with van der Waals surface area (Å²) in [5.74, 6) is 1.32. The molecule has 98 valence electrons. The molecule has 1 aromatic carbocycles. The van der Waals surface area contributed by atoms with Crippen molar-refractivity contribution in [2.75, 3.05) is 19.4 Å². The van der Waals surface area contributed by atoms with Gasteiger partial charge < -0.3 is 10.1 Å². The average molecular weight is 265 g/mol. The molecule has 1 atom stereocenters. The molecule has 0 aliphatic heterocycles. The van der Waals surface area contributed by atoms with E-state index in [1.807, 2.05) is 18.2 Å². The van der Waals surface area contributed by atoms with Crippen LogP contribution >= 0.6 is 11.8 Å². The molecule has 1 aliphatic carbocycles. The van der Waals surface area contributed by atoms with E-state index in [-0.39, 0.29) is 12.0 Å². The van der Waals surface area contributed by atoms with Gasteiger partial charge in [0, 0.05) is 17.2 Å². The summed E-state index contributed by atoms with van der Waals surface area (Å²) in [6.45, 7) is 0.829. The number of hydrogen-bond donors (Lipinski definition) is 1. The minimum absolute atomic E-state index is 0.105. The van der Waals surface area contributed by atoms with Gasteiger partial charge in [-0.1, -0.05) is 18.2 Å². The first-order chi connectivity index (χ1) is 8.81. The molecule has 0 heterocycles. The van der Waals surface area contributed by atoms with Crippen LogP contribution in [0.15, 0.2) is 35.2 Å². The summed E-state index contributed by atoms with van der Waals surface area (Å²) in [4.78, 5) is 12.8. The number of nitrogens with one attached hydrogen (secondary N) is 1. The number of rotatable bonds is 7. The van der Waals surface area contributed by atoms with E-state index in [4.69, 9.17) is 4.74 Å². The van der Waals surface area contributed by atoms with Crippen LogP contribution < -0.4 is 5.32 Å². The number of hydrogen-bond acceptors (Lipinski definition) is 4. The van der Waals surface area contributed by atoms with Crippen LogP contribution in [-0.4, -0.2) is 31.4 Å². The second-order valence-electron chi connectivity index (χ2n) is 4.45. The standard InChI is InChI=1S/C14H19NO2S/c1-17-14(16)13(11-7-8-11)15-9-10-18-12-5-3-2-4-6-12/h2-6,11,13,15H,7-10H2,1H3. The first kappa shape index (κ1) is 13.4. The van der Waals surface area contributed by atoms with Crippen molar-refractivity contribution < 1.29 is 9.53 Å². The predicted octanol–water partition coefficient (Wildman–Crippen LogP) is 2.32. The third kappa shape index (κ3) is 4.03. The van der Waals surface area contributed by atoms with E-state index in [9.17, 15) is 4.79 Å². The Hall–Kier alpha value is -1.00. The first-order valence-electron chi connectivity index (χ1n) is 6.30. The highest BCUT2D eigenvalue weighted by molar-refractivity contribution is 7.99. The Kier molecular flexibility index (Phi) is 5.08. The Morgan fingerprint density at radius 3 is 2.78 bits per heavy atom. The van der Waals surface area contributed by atoms with Gasteiger partial charge in [-0.2, -0.15) is 0 Å². The minimum atomic E-state index is -0.123. The van der Waals surface area contributed by atoms with E-state index in [0.29, 0.717) is 5.92 Å². The normalized spacial score (nSPS) is 16.3. The van der Waals surface area contributed by atoms with Gasteiger partial charge in [-0.15, -0.1) is 11.8 Å². The molecular weight excluding hydrogens is 246 g/mol. The van der Waals surface area contributed by atoms with Crippen LogP contribution in [0.25, 0.3) is 0 Å². The van der Waals surface area contributed by atoms with Crippen LogP contribution in [0.3, 0.4) is 0 Å². The van der Waals surface area contributed by atoms with Crippen molar-refractivity contribution in [3.63, 3.8) is 0 Å². The molecule has 1 fully saturated rings. The Morgan fingerprint density at radius 2 is 2.17 bits per heavy atom. The number of carbonyl (C=O) groups is 1. The summed E-state index contributed by atoms with van der Waals surface area (Å²) in [6, 6.07) is 10.2. The summed E-state index contributed by atoms with van der Waals surface area (Å²) in [5.41, 5.74) is 0. The second kappa shape index (κ2) is 6.81. The molecule has 0 aromatic heterocycles. The summed E-state index contributed by atoms with van der Waals surface area (Å²) in [6.07, 6.45) is 2.27. The number of thioether (sulfide) groups is 1. The summed E-state index contributed by atoms with van der Waals surface area (Å²) < 4.78 is 4.82. The monoisotopic (exact) mass is 265 g/mol. The molecule has 0 spiro atoms. The molecule has 1 N–H and O–H groups in total. The Labute approximate surface area is 112 Å². The fourth-order valence-corrected chi connectivity index (χ4v) is 2.70. The molecule has 0 amide bonds. The Bertz CT molecular complexity index is 379. The zero-order chi connectivity index (χ0) is 12.8. The lowest BCUT2D eigenvalue weighted by atomic mass is 10.2. The van der Waals surface area contributed by atoms with Gasteiger partial charge in [-0.25, -0.2) is 0 Å². The van der Waals surface area contributed by atoms with Gasteiger partial charge in [0.15, 0.2) is 0 Å². The van der Waals surface area contributed by atoms with Gasteiger partial charge in [-0.05, 0) is 30.9 Å². The number of esters is 1. The molecule has 1 aliphatic rings. The van der Waals surface area contributed by atoms with Crippen LogP contribution in [0.5, 0.6) is 0 Å². The number of benzene rings is 1. The van der Waals surface area contributed by atoms with Crippen molar-refractivity contribution >= 4 is 17.7 Å². The van der Waals surface area contributed by atoms with E-state index in [0.717, 1.165) is 25.1 Å². The van der Waals surface area contributed by atoms with Gasteiger partial charge in [-0.3, -0.25) is 4.79 Å². The molecule has 0 bridgehead atoms. The van der Waals surface area contributed by atoms with Crippen LogP contribution in [-0.2, 0) is 9.53 Å². The van der Waals surface area contributed by atoms with Gasteiger partial charge >= 0.3 is 5.97 Å². The Balaban J connectivity index is 1.69. The highest BCUT2D eigenvalue weighted by Crippen LogP contribution is 2.33. The average Bonchev–Trinajstić information content (AvgIpc) is 3.23. The van der Waals surface area contributed by atoms with E-state index < -0.39 is 0 Å². The topological polar surface area (TPSA) is 38.3 Å². The van der Waals surface area contributed by atoms with Crippen LogP contribution in [0.1, 0.15) is 12.8 Å². The fourth-order valence-electron chi connectivity index (χ4n) is 1.90. The van der Waals surface area contributed by atoms with Crippen LogP contribution in [0.2, 0.25) is 0 Å². The van der Waals surface area contributed by atoms with Crippen LogP contribution in [0.4, 0.5) is 0 Å². The minimum Gasteiger partial charge on any atom is -0.468 e. The van der Waals surface area contributed by atoms with Gasteiger partial charge in [0.1, 0.15) is 6.04 Å². The van der Waals surface area contributed by atoms with Gasteiger partial charge in [0.25, 0.3) is 0 Å². The third-order valence-electron chi connectivity index (χ3n) is 3.03. The summed E-state index contributed by atoms with van der Waals surface area (Å²) in [7, 11) is 1.46. The number of methoxy groups -OCH3 is 1. The second-order valence-corrected chi connectivity index (χ2v) is 5.62. The quantitative estimate of drug-likeness (QED) is 0.466. The van der Waals surface area contributed by atoms with Crippen LogP contribution in [0, 0.1) is 5.92 Å². The van der Waals surface area contributed by atoms with Crippen molar-refractivity contribution in [2.45, 2.75) is 23.8 Å². The van der Waals surface area contributed by atoms with E-state index in [2.05, 4.69) is 17.4 Å². The lowest BCUT2D eigenvalue weighted by Crippen LogP contribution is -2.40. The van der Waals surface area contributed by atoms with Gasteiger partial charge in [0.05, 0.1) is 7.11 Å². The van der Waals surface area contributed by atoms with Crippen molar-refractivity contribution in [3.8, 4) is 0 Å². The smallest absolute Gasteiger partial charge is 0.323 e.